The maximum Gasteiger partial charge on any atom is 0.337 e. The molecule has 0 bridgehead atoms. The number of nitrogens with one attached hydrogen (secondary N) is 1. The number of carbonyl (C=O) groups excluding carboxylic acids is 1. The van der Waals surface area contributed by atoms with Crippen LogP contribution in [0.1, 0.15) is 52.3 Å². The minimum absolute atomic E-state index is 0.0300. The average Bonchev–Trinajstić information content (AvgIpc) is 2.85. The Bertz CT molecular complexity index is 496. The van der Waals surface area contributed by atoms with Crippen molar-refractivity contribution in [1.82, 2.24) is 25.5 Å². The predicted molar refractivity (Wildman–Crippen MR) is 75.2 cm³/mol. The molecule has 0 saturated carbocycles. The van der Waals surface area contributed by atoms with Crippen LogP contribution in [0, 0.1) is 5.92 Å². The zero-order chi connectivity index (χ0) is 16.0. The number of aliphatic carboxylic acids is 1. The van der Waals surface area contributed by atoms with E-state index >= 15 is 0 Å². The topological polar surface area (TPSA) is 110 Å². The molecule has 1 unspecified atom stereocenters. The SMILES string of the molecule is CCCC(CCC)C(=O)NC(C)(C(=O)O)c1nnn(C)n1. The van der Waals surface area contributed by atoms with Crippen molar-refractivity contribution < 1.29 is 14.7 Å². The van der Waals surface area contributed by atoms with Gasteiger partial charge < -0.3 is 10.4 Å². The van der Waals surface area contributed by atoms with Crippen molar-refractivity contribution in [1.29, 1.82) is 0 Å². The molecular weight excluding hydrogens is 274 g/mol. The number of aryl methyl sites for hydroxylation is 1. The molecule has 0 aromatic carbocycles. The van der Waals surface area contributed by atoms with E-state index in [1.165, 1.54) is 14.0 Å². The highest BCUT2D eigenvalue weighted by molar-refractivity contribution is 5.88. The molecule has 2 N–H and O–H groups in total. The zero-order valence-corrected chi connectivity index (χ0v) is 13.0. The van der Waals surface area contributed by atoms with Crippen molar-refractivity contribution in [3.63, 3.8) is 0 Å². The molecule has 0 saturated heterocycles. The molecule has 8 nitrogen and oxygen atoms in total. The fourth-order valence-corrected chi connectivity index (χ4v) is 2.14. The quantitative estimate of drug-likeness (QED) is 0.736. The molecule has 0 fully saturated rings. The Kier molecular flexibility index (Phi) is 5.80. The van der Waals surface area contributed by atoms with E-state index in [2.05, 4.69) is 20.7 Å². The van der Waals surface area contributed by atoms with Gasteiger partial charge >= 0.3 is 5.97 Å². The van der Waals surface area contributed by atoms with Crippen LogP contribution in [0.25, 0.3) is 0 Å². The second kappa shape index (κ2) is 7.14. The first-order valence-corrected chi connectivity index (χ1v) is 7.15. The number of hydrogen-bond donors (Lipinski definition) is 2. The largest absolute Gasteiger partial charge is 0.479 e. The monoisotopic (exact) mass is 297 g/mol. The smallest absolute Gasteiger partial charge is 0.337 e. The van der Waals surface area contributed by atoms with Gasteiger partial charge in [-0.05, 0) is 25.0 Å². The number of carboxylic acid groups (broad SMARTS) is 1. The summed E-state index contributed by atoms with van der Waals surface area (Å²) in [5.41, 5.74) is -1.68. The van der Waals surface area contributed by atoms with Crippen LogP contribution < -0.4 is 5.32 Å². The van der Waals surface area contributed by atoms with Crippen LogP contribution in [-0.4, -0.2) is 37.2 Å². The van der Waals surface area contributed by atoms with E-state index in [4.69, 9.17) is 0 Å². The Balaban J connectivity index is 2.97. The van der Waals surface area contributed by atoms with Gasteiger partial charge in [-0.1, -0.05) is 26.7 Å². The molecule has 0 aliphatic rings. The lowest BCUT2D eigenvalue weighted by atomic mass is 9.94. The number of rotatable bonds is 8. The number of carbonyl (C=O) groups is 2. The molecule has 21 heavy (non-hydrogen) atoms. The Morgan fingerprint density at radius 3 is 2.29 bits per heavy atom. The van der Waals surface area contributed by atoms with Crippen molar-refractivity contribution in [2.45, 2.75) is 52.0 Å². The molecule has 0 aliphatic carbocycles. The van der Waals surface area contributed by atoms with Gasteiger partial charge in [0, 0.05) is 5.92 Å². The van der Waals surface area contributed by atoms with Gasteiger partial charge in [0.05, 0.1) is 7.05 Å². The lowest BCUT2D eigenvalue weighted by Crippen LogP contribution is -2.52. The number of tetrazole rings is 1. The van der Waals surface area contributed by atoms with E-state index in [0.717, 1.165) is 30.5 Å². The maximum absolute atomic E-state index is 12.4. The minimum Gasteiger partial charge on any atom is -0.479 e. The Hall–Kier alpha value is -1.99. The minimum atomic E-state index is -1.68. The Morgan fingerprint density at radius 1 is 1.33 bits per heavy atom. The number of carboxylic acids is 1. The summed E-state index contributed by atoms with van der Waals surface area (Å²) in [7, 11) is 1.54. The fourth-order valence-electron chi connectivity index (χ4n) is 2.14. The van der Waals surface area contributed by atoms with Crippen molar-refractivity contribution in [2.75, 3.05) is 0 Å². The van der Waals surface area contributed by atoms with Gasteiger partial charge in [-0.3, -0.25) is 4.79 Å². The highest BCUT2D eigenvalue weighted by Gasteiger charge is 2.42. The van der Waals surface area contributed by atoms with Crippen LogP contribution in [0.2, 0.25) is 0 Å². The molecule has 1 atom stereocenters. The maximum atomic E-state index is 12.4. The highest BCUT2D eigenvalue weighted by Crippen LogP contribution is 2.20. The first kappa shape index (κ1) is 17.1. The number of amides is 1. The first-order chi connectivity index (χ1) is 9.85. The molecule has 8 heteroatoms. The van der Waals surface area contributed by atoms with Crippen molar-refractivity contribution in [3.05, 3.63) is 5.82 Å². The van der Waals surface area contributed by atoms with Gasteiger partial charge in [-0.15, -0.1) is 10.2 Å². The average molecular weight is 297 g/mol. The Morgan fingerprint density at radius 2 is 1.90 bits per heavy atom. The van der Waals surface area contributed by atoms with Crippen LogP contribution in [0.3, 0.4) is 0 Å². The van der Waals surface area contributed by atoms with Gasteiger partial charge in [0.2, 0.25) is 11.7 Å². The molecule has 0 radical (unpaired) electrons. The molecule has 1 amide bonds. The summed E-state index contributed by atoms with van der Waals surface area (Å²) in [6.07, 6.45) is 3.18. The van der Waals surface area contributed by atoms with Crippen LogP contribution >= 0.6 is 0 Å². The van der Waals surface area contributed by atoms with Gasteiger partial charge in [0.25, 0.3) is 0 Å². The summed E-state index contributed by atoms with van der Waals surface area (Å²) >= 11 is 0. The molecule has 1 aromatic heterocycles. The molecule has 1 heterocycles. The van der Waals surface area contributed by atoms with E-state index in [9.17, 15) is 14.7 Å². The van der Waals surface area contributed by atoms with Crippen LogP contribution in [0.4, 0.5) is 0 Å². The fraction of sp³-hybridized carbons (Fsp3) is 0.769. The van der Waals surface area contributed by atoms with Crippen LogP contribution in [0.15, 0.2) is 0 Å². The van der Waals surface area contributed by atoms with Gasteiger partial charge in [0.1, 0.15) is 0 Å². The third-order valence-electron chi connectivity index (χ3n) is 3.40. The molecule has 0 aliphatic heterocycles. The lowest BCUT2D eigenvalue weighted by molar-refractivity contribution is -0.148. The summed E-state index contributed by atoms with van der Waals surface area (Å²) in [5, 5.41) is 23.3. The van der Waals surface area contributed by atoms with Gasteiger partial charge in [-0.25, -0.2) is 4.79 Å². The second-order valence-electron chi connectivity index (χ2n) is 5.30. The Labute approximate surface area is 123 Å². The third kappa shape index (κ3) is 3.99. The summed E-state index contributed by atoms with van der Waals surface area (Å²) in [4.78, 5) is 25.1. The normalized spacial score (nSPS) is 14.0. The first-order valence-electron chi connectivity index (χ1n) is 7.15. The molecular formula is C13H23N5O3. The highest BCUT2D eigenvalue weighted by atomic mass is 16.4. The van der Waals surface area contributed by atoms with E-state index in [0.29, 0.717) is 0 Å². The molecule has 118 valence electrons. The lowest BCUT2D eigenvalue weighted by Gasteiger charge is -2.25. The van der Waals surface area contributed by atoms with E-state index in [1.807, 2.05) is 13.8 Å². The van der Waals surface area contributed by atoms with E-state index < -0.39 is 11.5 Å². The van der Waals surface area contributed by atoms with Crippen molar-refractivity contribution in [3.8, 4) is 0 Å². The second-order valence-corrected chi connectivity index (χ2v) is 5.30. The zero-order valence-electron chi connectivity index (χ0n) is 13.0. The van der Waals surface area contributed by atoms with Crippen LogP contribution in [0.5, 0.6) is 0 Å². The molecule has 0 spiro atoms. The standard InChI is InChI=1S/C13H23N5O3/c1-5-7-9(8-6-2)10(19)14-13(3,12(20)21)11-15-17-18(4)16-11/h9H,5-8H2,1-4H3,(H,14,19)(H,20,21). The molecule has 1 aromatic rings. The van der Waals surface area contributed by atoms with E-state index in [-0.39, 0.29) is 17.6 Å². The number of aromatic nitrogens is 4. The number of hydrogen-bond acceptors (Lipinski definition) is 5. The van der Waals surface area contributed by atoms with Gasteiger partial charge in [0.15, 0.2) is 5.54 Å². The van der Waals surface area contributed by atoms with Crippen molar-refractivity contribution >= 4 is 11.9 Å². The summed E-state index contributed by atoms with van der Waals surface area (Å²) in [6, 6.07) is 0. The number of nitrogens with zero attached hydrogens (tertiary/aromatic N) is 4. The third-order valence-corrected chi connectivity index (χ3v) is 3.40. The predicted octanol–water partition coefficient (Wildman–Crippen LogP) is 0.842. The summed E-state index contributed by atoms with van der Waals surface area (Å²) in [5.74, 6) is -1.72. The molecule has 1 rings (SSSR count). The van der Waals surface area contributed by atoms with Crippen LogP contribution in [-0.2, 0) is 22.2 Å². The van der Waals surface area contributed by atoms with Crippen molar-refractivity contribution in [2.24, 2.45) is 13.0 Å². The summed E-state index contributed by atoms with van der Waals surface area (Å²) in [6.45, 7) is 5.37. The van der Waals surface area contributed by atoms with E-state index in [1.54, 1.807) is 0 Å². The summed E-state index contributed by atoms with van der Waals surface area (Å²) < 4.78 is 0. The van der Waals surface area contributed by atoms with Gasteiger partial charge in [-0.2, -0.15) is 4.80 Å².